The van der Waals surface area contributed by atoms with Gasteiger partial charge in [-0.25, -0.2) is 0 Å². The van der Waals surface area contributed by atoms with Gasteiger partial charge in [0, 0.05) is 0 Å². The Morgan fingerprint density at radius 1 is 1.53 bits per heavy atom. The van der Waals surface area contributed by atoms with E-state index in [0.717, 1.165) is 10.7 Å². The summed E-state index contributed by atoms with van der Waals surface area (Å²) in [6.45, 7) is 1.96. The normalized spacial score (nSPS) is 17.2. The second kappa shape index (κ2) is 5.58. The van der Waals surface area contributed by atoms with Gasteiger partial charge in [-0.1, -0.05) is 31.0 Å². The minimum atomic E-state index is -0.774. The quantitative estimate of drug-likeness (QED) is 0.839. The van der Waals surface area contributed by atoms with Gasteiger partial charge in [0.15, 0.2) is 0 Å². The summed E-state index contributed by atoms with van der Waals surface area (Å²) >= 11 is 1.37. The van der Waals surface area contributed by atoms with E-state index in [2.05, 4.69) is 5.10 Å². The number of hydrogen-bond donors (Lipinski definition) is 1. The van der Waals surface area contributed by atoms with Crippen molar-refractivity contribution in [1.82, 2.24) is 9.78 Å². The maximum atomic E-state index is 10.6. The molecule has 1 aliphatic rings. The lowest BCUT2D eigenvalue weighted by Gasteiger charge is -2.23. The Morgan fingerprint density at radius 3 is 2.88 bits per heavy atom. The van der Waals surface area contributed by atoms with Crippen molar-refractivity contribution in [2.24, 2.45) is 0 Å². The third kappa shape index (κ3) is 3.25. The molecular formula is C12H18N2O2S. The van der Waals surface area contributed by atoms with E-state index in [4.69, 9.17) is 5.11 Å². The molecule has 1 heterocycles. The summed E-state index contributed by atoms with van der Waals surface area (Å²) in [5, 5.41) is 14.2. The van der Waals surface area contributed by atoms with Crippen molar-refractivity contribution < 1.29 is 9.90 Å². The zero-order valence-electron chi connectivity index (χ0n) is 10.1. The first-order valence-electron chi connectivity index (χ1n) is 6.07. The van der Waals surface area contributed by atoms with Crippen LogP contribution in [0, 0.1) is 6.92 Å². The standard InChI is InChI=1S/C12H18N2O2S/c1-9-7-11(17-8-12(15)16)14(13-9)10-5-3-2-4-6-10/h7,10H,2-6,8H2,1H3,(H,15,16). The number of aryl methyl sites for hydroxylation is 1. The fraction of sp³-hybridized carbons (Fsp3) is 0.667. The van der Waals surface area contributed by atoms with Crippen LogP contribution in [0.2, 0.25) is 0 Å². The van der Waals surface area contributed by atoms with E-state index in [0.29, 0.717) is 6.04 Å². The van der Waals surface area contributed by atoms with Crippen LogP contribution in [0.25, 0.3) is 0 Å². The fourth-order valence-corrected chi connectivity index (χ4v) is 3.17. The van der Waals surface area contributed by atoms with E-state index in [9.17, 15) is 4.79 Å². The van der Waals surface area contributed by atoms with Gasteiger partial charge in [-0.15, -0.1) is 0 Å². The van der Waals surface area contributed by atoms with Crippen molar-refractivity contribution in [2.45, 2.75) is 50.1 Å². The third-order valence-corrected chi connectivity index (χ3v) is 4.08. The van der Waals surface area contributed by atoms with Crippen LogP contribution in [0.1, 0.15) is 43.8 Å². The molecule has 0 bridgehead atoms. The number of aromatic nitrogens is 2. The van der Waals surface area contributed by atoms with Crippen molar-refractivity contribution in [1.29, 1.82) is 0 Å². The molecule has 17 heavy (non-hydrogen) atoms. The topological polar surface area (TPSA) is 55.1 Å². The predicted molar refractivity (Wildman–Crippen MR) is 67.4 cm³/mol. The highest BCUT2D eigenvalue weighted by Crippen LogP contribution is 2.32. The van der Waals surface area contributed by atoms with Crippen molar-refractivity contribution in [3.05, 3.63) is 11.8 Å². The highest BCUT2D eigenvalue weighted by molar-refractivity contribution is 7.99. The van der Waals surface area contributed by atoms with Gasteiger partial charge in [-0.3, -0.25) is 9.48 Å². The summed E-state index contributed by atoms with van der Waals surface area (Å²) in [5.41, 5.74) is 0.975. The van der Waals surface area contributed by atoms with Gasteiger partial charge in [0.05, 0.1) is 22.5 Å². The fourth-order valence-electron chi connectivity index (χ4n) is 2.32. The molecule has 1 fully saturated rings. The van der Waals surface area contributed by atoms with Crippen molar-refractivity contribution in [3.8, 4) is 0 Å². The van der Waals surface area contributed by atoms with Crippen molar-refractivity contribution in [3.63, 3.8) is 0 Å². The second-order valence-corrected chi connectivity index (χ2v) is 5.54. The van der Waals surface area contributed by atoms with E-state index in [1.54, 1.807) is 0 Å². The van der Waals surface area contributed by atoms with Crippen LogP contribution in [0.4, 0.5) is 0 Å². The Morgan fingerprint density at radius 2 is 2.24 bits per heavy atom. The lowest BCUT2D eigenvalue weighted by Crippen LogP contribution is -2.15. The molecule has 1 saturated carbocycles. The molecule has 5 heteroatoms. The van der Waals surface area contributed by atoms with Crippen molar-refractivity contribution >= 4 is 17.7 Å². The highest BCUT2D eigenvalue weighted by atomic mass is 32.2. The van der Waals surface area contributed by atoms with Crippen LogP contribution in [0.3, 0.4) is 0 Å². The largest absolute Gasteiger partial charge is 0.481 e. The lowest BCUT2D eigenvalue weighted by molar-refractivity contribution is -0.133. The third-order valence-electron chi connectivity index (χ3n) is 3.09. The van der Waals surface area contributed by atoms with E-state index in [1.165, 1.54) is 43.9 Å². The van der Waals surface area contributed by atoms with Crippen LogP contribution in [-0.4, -0.2) is 26.6 Å². The number of carbonyl (C=O) groups is 1. The molecule has 0 radical (unpaired) electrons. The first-order valence-corrected chi connectivity index (χ1v) is 7.06. The maximum Gasteiger partial charge on any atom is 0.313 e. The molecule has 1 aromatic rings. The van der Waals surface area contributed by atoms with Crippen LogP contribution < -0.4 is 0 Å². The summed E-state index contributed by atoms with van der Waals surface area (Å²) in [6.07, 6.45) is 6.16. The molecule has 2 rings (SSSR count). The Bertz CT molecular complexity index is 397. The Kier molecular flexibility index (Phi) is 4.10. The number of carboxylic acids is 1. The van der Waals surface area contributed by atoms with E-state index in [1.807, 2.05) is 17.7 Å². The summed E-state index contributed by atoms with van der Waals surface area (Å²) in [5.74, 6) is -0.665. The van der Waals surface area contributed by atoms with E-state index >= 15 is 0 Å². The van der Waals surface area contributed by atoms with E-state index in [-0.39, 0.29) is 5.75 Å². The Labute approximate surface area is 105 Å². The summed E-state index contributed by atoms with van der Waals surface area (Å²) in [7, 11) is 0. The number of rotatable bonds is 4. The zero-order chi connectivity index (χ0) is 12.3. The molecule has 0 aromatic carbocycles. The molecule has 0 aliphatic heterocycles. The minimum absolute atomic E-state index is 0.109. The van der Waals surface area contributed by atoms with Gasteiger partial charge in [-0.05, 0) is 25.8 Å². The number of aliphatic carboxylic acids is 1. The average molecular weight is 254 g/mol. The number of carboxylic acid groups (broad SMARTS) is 1. The maximum absolute atomic E-state index is 10.6. The summed E-state index contributed by atoms with van der Waals surface area (Å²) < 4.78 is 2.04. The Balaban J connectivity index is 2.11. The lowest BCUT2D eigenvalue weighted by atomic mass is 9.96. The monoisotopic (exact) mass is 254 g/mol. The van der Waals surface area contributed by atoms with Gasteiger partial charge >= 0.3 is 5.97 Å². The number of nitrogens with zero attached hydrogens (tertiary/aromatic N) is 2. The van der Waals surface area contributed by atoms with Gasteiger partial charge in [0.2, 0.25) is 0 Å². The minimum Gasteiger partial charge on any atom is -0.481 e. The van der Waals surface area contributed by atoms with Crippen LogP contribution in [0.15, 0.2) is 11.1 Å². The molecule has 1 aromatic heterocycles. The molecule has 0 amide bonds. The molecule has 4 nitrogen and oxygen atoms in total. The van der Waals surface area contributed by atoms with Gasteiger partial charge in [-0.2, -0.15) is 5.10 Å². The van der Waals surface area contributed by atoms with Gasteiger partial charge < -0.3 is 5.11 Å². The Hall–Kier alpha value is -0.970. The highest BCUT2D eigenvalue weighted by Gasteiger charge is 2.19. The molecular weight excluding hydrogens is 236 g/mol. The first kappa shape index (κ1) is 12.5. The van der Waals surface area contributed by atoms with Crippen LogP contribution >= 0.6 is 11.8 Å². The number of thioether (sulfide) groups is 1. The SMILES string of the molecule is Cc1cc(SCC(=O)O)n(C2CCCCC2)n1. The van der Waals surface area contributed by atoms with Gasteiger partial charge in [0.25, 0.3) is 0 Å². The molecule has 0 unspecified atom stereocenters. The van der Waals surface area contributed by atoms with Crippen LogP contribution in [-0.2, 0) is 4.79 Å². The van der Waals surface area contributed by atoms with Crippen molar-refractivity contribution in [2.75, 3.05) is 5.75 Å². The molecule has 1 aliphatic carbocycles. The van der Waals surface area contributed by atoms with Gasteiger partial charge in [0.1, 0.15) is 0 Å². The summed E-state index contributed by atoms with van der Waals surface area (Å²) in [6, 6.07) is 2.45. The molecule has 0 saturated heterocycles. The average Bonchev–Trinajstić information content (AvgIpc) is 2.69. The molecule has 0 spiro atoms. The summed E-state index contributed by atoms with van der Waals surface area (Å²) in [4.78, 5) is 10.6. The second-order valence-electron chi connectivity index (χ2n) is 4.54. The number of hydrogen-bond acceptors (Lipinski definition) is 3. The first-order chi connectivity index (χ1) is 8.16. The molecule has 0 atom stereocenters. The molecule has 1 N–H and O–H groups in total. The molecule has 94 valence electrons. The predicted octanol–water partition coefficient (Wildman–Crippen LogP) is 2.87. The zero-order valence-corrected chi connectivity index (χ0v) is 10.9. The smallest absolute Gasteiger partial charge is 0.313 e. The van der Waals surface area contributed by atoms with E-state index < -0.39 is 5.97 Å². The van der Waals surface area contributed by atoms with Crippen LogP contribution in [0.5, 0.6) is 0 Å².